The second-order valence-electron chi connectivity index (χ2n) is 7.01. The van der Waals surface area contributed by atoms with E-state index < -0.39 is 0 Å². The van der Waals surface area contributed by atoms with E-state index in [4.69, 9.17) is 12.2 Å². The highest BCUT2D eigenvalue weighted by atomic mass is 32.1. The van der Waals surface area contributed by atoms with Crippen LogP contribution in [0.1, 0.15) is 35.1 Å². The van der Waals surface area contributed by atoms with Crippen molar-refractivity contribution in [3.8, 4) is 0 Å². The fourth-order valence-electron chi connectivity index (χ4n) is 3.35. The van der Waals surface area contributed by atoms with E-state index in [0.29, 0.717) is 5.11 Å². The third-order valence-electron chi connectivity index (χ3n) is 5.09. The van der Waals surface area contributed by atoms with Crippen LogP contribution in [-0.4, -0.2) is 18.2 Å². The molecule has 3 N–H and O–H groups in total. The van der Waals surface area contributed by atoms with Gasteiger partial charge in [-0.2, -0.15) is 0 Å². The van der Waals surface area contributed by atoms with E-state index in [0.717, 1.165) is 18.8 Å². The minimum absolute atomic E-state index is 0.666. The van der Waals surface area contributed by atoms with Crippen LogP contribution >= 0.6 is 12.2 Å². The Balaban J connectivity index is 1.49. The van der Waals surface area contributed by atoms with E-state index in [9.17, 15) is 0 Å². The number of quaternary nitrogens is 1. The Morgan fingerprint density at radius 3 is 2.40 bits per heavy atom. The van der Waals surface area contributed by atoms with Crippen LogP contribution in [0.3, 0.4) is 0 Å². The molecule has 0 atom stereocenters. The molecular weight excluding hydrogens is 326 g/mol. The molecule has 1 aliphatic heterocycles. The summed E-state index contributed by atoms with van der Waals surface area (Å²) in [6.07, 6.45) is 2.75. The predicted molar refractivity (Wildman–Crippen MR) is 109 cm³/mol. The highest BCUT2D eigenvalue weighted by Crippen LogP contribution is 2.17. The third-order valence-corrected chi connectivity index (χ3v) is 5.34. The summed E-state index contributed by atoms with van der Waals surface area (Å²) in [5, 5.41) is 7.27. The number of benzene rings is 2. The van der Waals surface area contributed by atoms with Crippen LogP contribution < -0.4 is 15.5 Å². The van der Waals surface area contributed by atoms with E-state index in [-0.39, 0.29) is 0 Å². The fourth-order valence-corrected chi connectivity index (χ4v) is 3.53. The van der Waals surface area contributed by atoms with E-state index in [1.807, 2.05) is 6.07 Å². The third kappa shape index (κ3) is 5.03. The van der Waals surface area contributed by atoms with Gasteiger partial charge in [0.1, 0.15) is 6.54 Å². The van der Waals surface area contributed by atoms with Crippen molar-refractivity contribution < 1.29 is 4.90 Å². The van der Waals surface area contributed by atoms with Crippen molar-refractivity contribution in [1.29, 1.82) is 0 Å². The molecule has 0 radical (unpaired) electrons. The van der Waals surface area contributed by atoms with Gasteiger partial charge in [0.25, 0.3) is 0 Å². The van der Waals surface area contributed by atoms with E-state index >= 15 is 0 Å². The van der Waals surface area contributed by atoms with Gasteiger partial charge in [0.05, 0.1) is 13.1 Å². The summed E-state index contributed by atoms with van der Waals surface area (Å²) in [5.41, 5.74) is 6.26. The van der Waals surface area contributed by atoms with E-state index in [1.54, 1.807) is 4.90 Å². The van der Waals surface area contributed by atoms with Crippen LogP contribution in [0.25, 0.3) is 0 Å². The molecule has 1 saturated heterocycles. The van der Waals surface area contributed by atoms with Gasteiger partial charge in [-0.15, -0.1) is 0 Å². The minimum atomic E-state index is 0.666. The first-order valence-electron chi connectivity index (χ1n) is 9.14. The molecule has 1 heterocycles. The average Bonchev–Trinajstić information content (AvgIpc) is 3.11. The summed E-state index contributed by atoms with van der Waals surface area (Å²) in [6.45, 7) is 8.76. The quantitative estimate of drug-likeness (QED) is 0.721. The molecule has 4 heteroatoms. The normalized spacial score (nSPS) is 14.5. The first kappa shape index (κ1) is 17.9. The fraction of sp³-hybridized carbons (Fsp3) is 0.381. The van der Waals surface area contributed by atoms with Crippen LogP contribution in [0.2, 0.25) is 0 Å². The lowest BCUT2D eigenvalue weighted by Crippen LogP contribution is -3.08. The van der Waals surface area contributed by atoms with Crippen LogP contribution in [-0.2, 0) is 13.1 Å². The summed E-state index contributed by atoms with van der Waals surface area (Å²) < 4.78 is 0. The molecule has 25 heavy (non-hydrogen) atoms. The molecule has 0 aromatic heterocycles. The zero-order valence-electron chi connectivity index (χ0n) is 15.2. The van der Waals surface area contributed by atoms with E-state index in [2.05, 4.69) is 60.9 Å². The molecule has 0 saturated carbocycles. The van der Waals surface area contributed by atoms with Gasteiger partial charge in [-0.25, -0.2) is 0 Å². The van der Waals surface area contributed by atoms with Gasteiger partial charge in [-0.3, -0.25) is 0 Å². The number of hydrogen-bond donors (Lipinski definition) is 3. The summed E-state index contributed by atoms with van der Waals surface area (Å²) >= 11 is 5.43. The molecule has 3 rings (SSSR count). The highest BCUT2D eigenvalue weighted by molar-refractivity contribution is 7.80. The van der Waals surface area contributed by atoms with Gasteiger partial charge >= 0.3 is 0 Å². The number of hydrogen-bond acceptors (Lipinski definition) is 1. The van der Waals surface area contributed by atoms with Crippen molar-refractivity contribution in [1.82, 2.24) is 5.32 Å². The van der Waals surface area contributed by atoms with Gasteiger partial charge < -0.3 is 15.5 Å². The maximum atomic E-state index is 5.43. The van der Waals surface area contributed by atoms with Gasteiger partial charge in [0, 0.05) is 30.6 Å². The van der Waals surface area contributed by atoms with Crippen molar-refractivity contribution in [3.05, 3.63) is 64.7 Å². The molecule has 2 aromatic rings. The van der Waals surface area contributed by atoms with Crippen LogP contribution in [0.4, 0.5) is 5.69 Å². The summed E-state index contributed by atoms with van der Waals surface area (Å²) in [5.74, 6) is 0. The van der Waals surface area contributed by atoms with Gasteiger partial charge in [-0.1, -0.05) is 36.4 Å². The second kappa shape index (κ2) is 8.45. The Kier molecular flexibility index (Phi) is 6.05. The number of aryl methyl sites for hydroxylation is 1. The van der Waals surface area contributed by atoms with Crippen LogP contribution in [0.5, 0.6) is 0 Å². The number of nitrogens with one attached hydrogen (secondary N) is 3. The Morgan fingerprint density at radius 2 is 1.68 bits per heavy atom. The molecule has 0 spiro atoms. The maximum Gasteiger partial charge on any atom is 0.171 e. The van der Waals surface area contributed by atoms with E-state index in [1.165, 1.54) is 48.2 Å². The van der Waals surface area contributed by atoms with Gasteiger partial charge in [0.15, 0.2) is 5.11 Å². The Hall–Kier alpha value is -1.91. The molecule has 1 fully saturated rings. The predicted octanol–water partition coefficient (Wildman–Crippen LogP) is 2.97. The zero-order chi connectivity index (χ0) is 17.6. The second-order valence-corrected chi connectivity index (χ2v) is 7.41. The Morgan fingerprint density at radius 1 is 1.00 bits per heavy atom. The standard InChI is InChI=1S/C21H27N3S/c1-16-6-5-7-20(17(16)2)23-21(25)22-14-18-8-10-19(11-9-18)15-24-12-3-4-13-24/h5-11H,3-4,12-15H2,1-2H3,(H2,22,23,25)/p+1. The van der Waals surface area contributed by atoms with Gasteiger partial charge in [-0.05, 0) is 48.8 Å². The monoisotopic (exact) mass is 354 g/mol. The lowest BCUT2D eigenvalue weighted by atomic mass is 10.1. The molecular formula is C21H28N3S+. The lowest BCUT2D eigenvalue weighted by Gasteiger charge is -2.14. The first-order chi connectivity index (χ1) is 12.1. The van der Waals surface area contributed by atoms with Crippen molar-refractivity contribution in [2.45, 2.75) is 39.8 Å². The topological polar surface area (TPSA) is 28.5 Å². The average molecular weight is 355 g/mol. The smallest absolute Gasteiger partial charge is 0.171 e. The van der Waals surface area contributed by atoms with Crippen LogP contribution in [0.15, 0.2) is 42.5 Å². The zero-order valence-corrected chi connectivity index (χ0v) is 16.0. The summed E-state index contributed by atoms with van der Waals surface area (Å²) in [6, 6.07) is 15.1. The summed E-state index contributed by atoms with van der Waals surface area (Å²) in [7, 11) is 0. The molecule has 2 aromatic carbocycles. The number of likely N-dealkylation sites (tertiary alicyclic amines) is 1. The lowest BCUT2D eigenvalue weighted by molar-refractivity contribution is -0.901. The first-order valence-corrected chi connectivity index (χ1v) is 9.55. The molecule has 3 nitrogen and oxygen atoms in total. The maximum absolute atomic E-state index is 5.43. The minimum Gasteiger partial charge on any atom is -0.358 e. The molecule has 132 valence electrons. The summed E-state index contributed by atoms with van der Waals surface area (Å²) in [4.78, 5) is 1.71. The molecule has 0 bridgehead atoms. The molecule has 0 aliphatic carbocycles. The molecule has 0 amide bonds. The molecule has 1 aliphatic rings. The number of rotatable bonds is 5. The number of thiocarbonyl (C=S) groups is 1. The van der Waals surface area contributed by atoms with Crippen molar-refractivity contribution in [3.63, 3.8) is 0 Å². The molecule has 0 unspecified atom stereocenters. The SMILES string of the molecule is Cc1cccc(NC(=S)NCc2ccc(C[NH+]3CCCC3)cc2)c1C. The van der Waals surface area contributed by atoms with Crippen molar-refractivity contribution >= 4 is 23.0 Å². The van der Waals surface area contributed by atoms with Crippen molar-refractivity contribution in [2.75, 3.05) is 18.4 Å². The highest BCUT2D eigenvalue weighted by Gasteiger charge is 2.15. The van der Waals surface area contributed by atoms with Crippen LogP contribution in [0, 0.1) is 13.8 Å². The largest absolute Gasteiger partial charge is 0.358 e. The van der Waals surface area contributed by atoms with Gasteiger partial charge in [0.2, 0.25) is 0 Å². The Labute approximate surface area is 156 Å². The Bertz CT molecular complexity index is 718. The number of anilines is 1. The van der Waals surface area contributed by atoms with Crippen molar-refractivity contribution in [2.24, 2.45) is 0 Å².